The molecule has 1 aromatic carbocycles. The Labute approximate surface area is 150 Å². The molecule has 2 aromatic rings. The summed E-state index contributed by atoms with van der Waals surface area (Å²) in [5, 5.41) is 29.7. The predicted molar refractivity (Wildman–Crippen MR) is 95.9 cm³/mol. The Hall–Kier alpha value is -1.80. The molecule has 1 aliphatic rings. The zero-order valence-electron chi connectivity index (χ0n) is 14.0. The van der Waals surface area contributed by atoms with E-state index in [1.54, 1.807) is 13.2 Å². The van der Waals surface area contributed by atoms with Gasteiger partial charge < -0.3 is 24.8 Å². The van der Waals surface area contributed by atoms with Crippen LogP contribution in [0.1, 0.15) is 5.69 Å². The molecule has 3 N–H and O–H groups in total. The van der Waals surface area contributed by atoms with Crippen LogP contribution >= 0.6 is 11.8 Å². The first-order chi connectivity index (χ1) is 12.0. The largest absolute Gasteiger partial charge is 0.497 e. The van der Waals surface area contributed by atoms with E-state index < -0.39 is 23.7 Å². The van der Waals surface area contributed by atoms with Crippen LogP contribution in [0.4, 0.5) is 0 Å². The van der Waals surface area contributed by atoms with E-state index in [9.17, 15) is 15.3 Å². The number of pyridine rings is 1. The van der Waals surface area contributed by atoms with Gasteiger partial charge in [0.25, 0.3) is 0 Å². The summed E-state index contributed by atoms with van der Waals surface area (Å²) in [4.78, 5) is 4.55. The molecule has 25 heavy (non-hydrogen) atoms. The van der Waals surface area contributed by atoms with Crippen LogP contribution in [0.2, 0.25) is 0 Å². The summed E-state index contributed by atoms with van der Waals surface area (Å²) in [5.41, 5.74) is 1.66. The fourth-order valence-electron chi connectivity index (χ4n) is 2.60. The molecular weight excluding hydrogens is 342 g/mol. The van der Waals surface area contributed by atoms with Gasteiger partial charge in [-0.05, 0) is 43.3 Å². The number of hydrogen-bond acceptors (Lipinski definition) is 7. The quantitative estimate of drug-likeness (QED) is 0.760. The molecule has 7 heteroatoms. The number of nitrogens with zero attached hydrogens (tertiary/aromatic N) is 1. The van der Waals surface area contributed by atoms with E-state index in [2.05, 4.69) is 4.98 Å². The first-order valence-corrected chi connectivity index (χ1v) is 8.99. The molecule has 0 bridgehead atoms. The average molecular weight is 363 g/mol. The number of hydrogen-bond donors (Lipinski definition) is 3. The van der Waals surface area contributed by atoms with Crippen molar-refractivity contribution < 1.29 is 24.8 Å². The normalized spacial score (nSPS) is 26.3. The highest BCUT2D eigenvalue weighted by atomic mass is 32.2. The molecular formula is C18H21NO5S. The van der Waals surface area contributed by atoms with Crippen molar-refractivity contribution in [3.63, 3.8) is 0 Å². The first kappa shape index (κ1) is 18.0. The van der Waals surface area contributed by atoms with Crippen LogP contribution in [0.25, 0.3) is 11.3 Å². The lowest BCUT2D eigenvalue weighted by Gasteiger charge is -2.34. The maximum absolute atomic E-state index is 10.2. The van der Waals surface area contributed by atoms with Crippen LogP contribution in [-0.2, 0) is 0 Å². The number of aliphatic hydroxyl groups is 3. The summed E-state index contributed by atoms with van der Waals surface area (Å²) in [6.07, 6.45) is -3.37. The van der Waals surface area contributed by atoms with Crippen molar-refractivity contribution in [3.05, 3.63) is 42.1 Å². The van der Waals surface area contributed by atoms with E-state index in [0.717, 1.165) is 17.0 Å². The average Bonchev–Trinajstić information content (AvgIpc) is 2.63. The van der Waals surface area contributed by atoms with Crippen molar-refractivity contribution in [2.45, 2.75) is 30.7 Å². The minimum atomic E-state index is -1.23. The third kappa shape index (κ3) is 3.90. The number of aromatic nitrogens is 1. The molecule has 3 rings (SSSR count). The Bertz CT molecular complexity index is 724. The molecule has 0 unspecified atom stereocenters. The smallest absolute Gasteiger partial charge is 0.173 e. The third-order valence-corrected chi connectivity index (χ3v) is 5.30. The van der Waals surface area contributed by atoms with Crippen molar-refractivity contribution in [2.75, 3.05) is 12.9 Å². The number of aryl methyl sites for hydroxylation is 1. The predicted octanol–water partition coefficient (Wildman–Crippen LogP) is 1.60. The molecule has 0 amide bonds. The number of rotatable bonds is 4. The van der Waals surface area contributed by atoms with Gasteiger partial charge in [-0.1, -0.05) is 0 Å². The minimum absolute atomic E-state index is 0.292. The molecule has 6 nitrogen and oxygen atoms in total. The van der Waals surface area contributed by atoms with Gasteiger partial charge in [0, 0.05) is 17.0 Å². The lowest BCUT2D eigenvalue weighted by Crippen LogP contribution is -2.50. The zero-order valence-corrected chi connectivity index (χ0v) is 14.8. The van der Waals surface area contributed by atoms with E-state index in [0.29, 0.717) is 17.2 Å². The Morgan fingerprint density at radius 1 is 1.04 bits per heavy atom. The highest BCUT2D eigenvalue weighted by Gasteiger charge is 2.38. The second-order valence-electron chi connectivity index (χ2n) is 5.90. The number of benzene rings is 1. The first-order valence-electron chi connectivity index (χ1n) is 7.94. The van der Waals surface area contributed by atoms with Crippen molar-refractivity contribution in [1.29, 1.82) is 0 Å². The number of aliphatic hydroxyl groups excluding tert-OH is 3. The maximum Gasteiger partial charge on any atom is 0.173 e. The van der Waals surface area contributed by atoms with Gasteiger partial charge in [0.15, 0.2) is 5.44 Å². The van der Waals surface area contributed by atoms with Crippen molar-refractivity contribution in [2.24, 2.45) is 0 Å². The highest BCUT2D eigenvalue weighted by Crippen LogP contribution is 2.34. The molecule has 0 radical (unpaired) electrons. The van der Waals surface area contributed by atoms with Gasteiger partial charge >= 0.3 is 0 Å². The van der Waals surface area contributed by atoms with Crippen LogP contribution in [-0.4, -0.2) is 56.9 Å². The van der Waals surface area contributed by atoms with E-state index in [4.69, 9.17) is 9.47 Å². The van der Waals surface area contributed by atoms with E-state index >= 15 is 0 Å². The molecule has 1 aromatic heterocycles. The highest BCUT2D eigenvalue weighted by molar-refractivity contribution is 7.99. The van der Waals surface area contributed by atoms with Gasteiger partial charge in [-0.25, -0.2) is 4.98 Å². The summed E-state index contributed by atoms with van der Waals surface area (Å²) in [6.45, 7) is 1.89. The summed E-state index contributed by atoms with van der Waals surface area (Å²) in [5.74, 6) is 1.55. The van der Waals surface area contributed by atoms with Crippen molar-refractivity contribution >= 4 is 11.8 Å². The second-order valence-corrected chi connectivity index (χ2v) is 7.03. The minimum Gasteiger partial charge on any atom is -0.497 e. The summed E-state index contributed by atoms with van der Waals surface area (Å²) >= 11 is 1.26. The molecule has 0 saturated carbocycles. The van der Waals surface area contributed by atoms with Gasteiger partial charge in [-0.15, -0.1) is 11.8 Å². The van der Waals surface area contributed by atoms with E-state index in [-0.39, 0.29) is 0 Å². The van der Waals surface area contributed by atoms with E-state index in [1.807, 2.05) is 37.3 Å². The van der Waals surface area contributed by atoms with Gasteiger partial charge in [-0.2, -0.15) is 0 Å². The summed E-state index contributed by atoms with van der Waals surface area (Å²) < 4.78 is 11.1. The molecule has 1 saturated heterocycles. The van der Waals surface area contributed by atoms with Gasteiger partial charge in [0.05, 0.1) is 13.2 Å². The maximum atomic E-state index is 10.2. The van der Waals surface area contributed by atoms with Crippen molar-refractivity contribution in [1.82, 2.24) is 4.98 Å². The molecule has 134 valence electrons. The molecule has 2 heterocycles. The zero-order chi connectivity index (χ0) is 18.0. The SMILES string of the molecule is COc1ccc(-c2nc(C)ccc2O[C@H]2SC[C@@H](O)[C@H](O)[C@H]2O)cc1. The number of thioether (sulfide) groups is 1. The van der Waals surface area contributed by atoms with E-state index in [1.165, 1.54) is 11.8 Å². The van der Waals surface area contributed by atoms with Crippen molar-refractivity contribution in [3.8, 4) is 22.8 Å². The molecule has 4 atom stereocenters. The van der Waals surface area contributed by atoms with Crippen LogP contribution in [0, 0.1) is 6.92 Å². The van der Waals surface area contributed by atoms with Crippen LogP contribution in [0.3, 0.4) is 0 Å². The lowest BCUT2D eigenvalue weighted by atomic mass is 10.1. The molecule has 0 aliphatic carbocycles. The Balaban J connectivity index is 1.89. The van der Waals surface area contributed by atoms with Crippen LogP contribution < -0.4 is 9.47 Å². The van der Waals surface area contributed by atoms with Gasteiger partial charge in [0.2, 0.25) is 0 Å². The number of ether oxygens (including phenoxy) is 2. The monoisotopic (exact) mass is 363 g/mol. The van der Waals surface area contributed by atoms with Gasteiger partial charge in [0.1, 0.15) is 29.4 Å². The summed E-state index contributed by atoms with van der Waals surface area (Å²) in [7, 11) is 1.61. The van der Waals surface area contributed by atoms with Gasteiger partial charge in [-0.3, -0.25) is 0 Å². The molecule has 1 fully saturated rings. The second kappa shape index (κ2) is 7.61. The standard InChI is InChI=1S/C18H21NO5S/c1-10-3-8-14(24-18-17(22)16(21)13(20)9-25-18)15(19-10)11-4-6-12(23-2)7-5-11/h3-8,13,16-18,20-22H,9H2,1-2H3/t13-,16+,17-,18+/m1/s1. The third-order valence-electron chi connectivity index (χ3n) is 4.06. The molecule has 0 spiro atoms. The Morgan fingerprint density at radius 3 is 2.44 bits per heavy atom. The number of methoxy groups -OCH3 is 1. The lowest BCUT2D eigenvalue weighted by molar-refractivity contribution is -0.0785. The topological polar surface area (TPSA) is 92.0 Å². The summed E-state index contributed by atoms with van der Waals surface area (Å²) in [6, 6.07) is 11.1. The van der Waals surface area contributed by atoms with Crippen LogP contribution in [0.5, 0.6) is 11.5 Å². The Morgan fingerprint density at radius 2 is 1.76 bits per heavy atom. The fraction of sp³-hybridized carbons (Fsp3) is 0.389. The van der Waals surface area contributed by atoms with Crippen LogP contribution in [0.15, 0.2) is 36.4 Å². The fourth-order valence-corrected chi connectivity index (χ4v) is 3.72. The Kier molecular flexibility index (Phi) is 5.48. The molecule has 1 aliphatic heterocycles.